The van der Waals surface area contributed by atoms with Crippen molar-refractivity contribution in [2.75, 3.05) is 0 Å². The van der Waals surface area contributed by atoms with Crippen LogP contribution in [0.1, 0.15) is 82.1 Å². The second-order valence-corrected chi connectivity index (χ2v) is 14.6. The highest BCUT2D eigenvalue weighted by Gasteiger charge is 2.47. The van der Waals surface area contributed by atoms with Crippen LogP contribution in [0.3, 0.4) is 0 Å². The molecule has 0 aliphatic heterocycles. The number of rotatable bonds is 10. The fraction of sp³-hybridized carbons (Fsp3) is 0.696. The van der Waals surface area contributed by atoms with Gasteiger partial charge in [0, 0.05) is 6.42 Å². The Morgan fingerprint density at radius 2 is 1.48 bits per heavy atom. The van der Waals surface area contributed by atoms with Crippen molar-refractivity contribution < 1.29 is 14.0 Å². The molecular weight excluding hydrogens is 352 g/mol. The average molecular weight is 395 g/mol. The summed E-state index contributed by atoms with van der Waals surface area (Å²) in [7, 11) is -2.04. The van der Waals surface area contributed by atoms with Crippen molar-refractivity contribution in [1.29, 1.82) is 0 Å². The molecular formula is C23H42O3Si. The van der Waals surface area contributed by atoms with Gasteiger partial charge in [-0.05, 0) is 62.0 Å². The number of esters is 1. The van der Waals surface area contributed by atoms with Crippen LogP contribution in [0, 0.1) is 5.41 Å². The monoisotopic (exact) mass is 394 g/mol. The molecule has 3 nitrogen and oxygen atoms in total. The van der Waals surface area contributed by atoms with Crippen LogP contribution >= 0.6 is 0 Å². The van der Waals surface area contributed by atoms with Gasteiger partial charge in [-0.1, -0.05) is 55.0 Å². The van der Waals surface area contributed by atoms with E-state index in [4.69, 9.17) is 9.16 Å². The van der Waals surface area contributed by atoms with Crippen LogP contribution < -0.4 is 0 Å². The number of carbonyl (C=O) groups is 1. The predicted molar refractivity (Wildman–Crippen MR) is 119 cm³/mol. The number of carbonyl (C=O) groups excluding carboxylic acids is 1. The SMILES string of the molecule is C=C/C(=C\C=C(/CCC)OC(=O)C(C)(C)C)O[Si](C(C)C)(C(C)C)C(C)C. The van der Waals surface area contributed by atoms with Gasteiger partial charge in [-0.2, -0.15) is 0 Å². The second-order valence-electron chi connectivity index (χ2n) is 9.22. The Labute approximate surface area is 169 Å². The lowest BCUT2D eigenvalue weighted by molar-refractivity contribution is -0.148. The molecule has 0 aliphatic rings. The molecule has 4 heteroatoms. The normalized spacial score (nSPS) is 14.1. The molecule has 27 heavy (non-hydrogen) atoms. The number of ether oxygens (including phenoxy) is 1. The smallest absolute Gasteiger partial charge is 0.316 e. The van der Waals surface area contributed by atoms with Gasteiger partial charge in [0.1, 0.15) is 11.5 Å². The third kappa shape index (κ3) is 7.32. The molecule has 0 N–H and O–H groups in total. The van der Waals surface area contributed by atoms with Crippen LogP contribution in [0.25, 0.3) is 0 Å². The second kappa shape index (κ2) is 10.9. The zero-order chi connectivity index (χ0) is 21.4. The molecule has 0 aromatic heterocycles. The molecule has 0 rings (SSSR count). The van der Waals surface area contributed by atoms with E-state index in [1.807, 2.05) is 32.9 Å². The van der Waals surface area contributed by atoms with Gasteiger partial charge < -0.3 is 9.16 Å². The van der Waals surface area contributed by atoms with Crippen molar-refractivity contribution in [1.82, 2.24) is 0 Å². The molecule has 0 atom stereocenters. The van der Waals surface area contributed by atoms with E-state index in [0.29, 0.717) is 28.8 Å². The minimum Gasteiger partial charge on any atom is -0.543 e. The van der Waals surface area contributed by atoms with Crippen molar-refractivity contribution in [2.24, 2.45) is 5.41 Å². The van der Waals surface area contributed by atoms with Gasteiger partial charge in [-0.3, -0.25) is 4.79 Å². The van der Waals surface area contributed by atoms with E-state index in [1.54, 1.807) is 6.08 Å². The Bertz CT molecular complexity index is 527. The third-order valence-corrected chi connectivity index (χ3v) is 11.0. The molecule has 0 aliphatic carbocycles. The standard InChI is InChI=1S/C23H42O3Si/c1-12-14-21(25-22(24)23(9,10)11)16-15-20(13-2)26-27(17(3)4,18(5)6)19(7)8/h13,15-19H,2,12,14H2,1,3-11H3/b20-15+,21-16+. The molecule has 0 heterocycles. The number of hydrogen-bond acceptors (Lipinski definition) is 3. The first-order valence-electron chi connectivity index (χ1n) is 10.3. The summed E-state index contributed by atoms with van der Waals surface area (Å²) in [4.78, 5) is 12.2. The summed E-state index contributed by atoms with van der Waals surface area (Å²) >= 11 is 0. The van der Waals surface area contributed by atoms with Gasteiger partial charge in [0.25, 0.3) is 8.32 Å². The Morgan fingerprint density at radius 1 is 1.00 bits per heavy atom. The minimum atomic E-state index is -2.04. The Kier molecular flexibility index (Phi) is 10.4. The lowest BCUT2D eigenvalue weighted by Gasteiger charge is -2.42. The predicted octanol–water partition coefficient (Wildman–Crippen LogP) is 7.52. The molecule has 0 bridgehead atoms. The molecule has 0 aromatic carbocycles. The minimum absolute atomic E-state index is 0.216. The van der Waals surface area contributed by atoms with Crippen LogP contribution in [-0.4, -0.2) is 14.3 Å². The first kappa shape index (κ1) is 25.7. The molecule has 0 unspecified atom stereocenters. The van der Waals surface area contributed by atoms with E-state index in [1.165, 1.54) is 0 Å². The third-order valence-electron chi connectivity index (χ3n) is 4.97. The van der Waals surface area contributed by atoms with Crippen LogP contribution in [-0.2, 0) is 14.0 Å². The summed E-state index contributed by atoms with van der Waals surface area (Å²) in [5.41, 5.74) is 0.930. The Balaban J connectivity index is 5.77. The molecule has 0 fully saturated rings. The maximum absolute atomic E-state index is 12.2. The maximum Gasteiger partial charge on any atom is 0.316 e. The molecule has 0 amide bonds. The van der Waals surface area contributed by atoms with Crippen molar-refractivity contribution >= 4 is 14.3 Å². The van der Waals surface area contributed by atoms with Gasteiger partial charge >= 0.3 is 5.97 Å². The van der Waals surface area contributed by atoms with Crippen molar-refractivity contribution in [3.63, 3.8) is 0 Å². The van der Waals surface area contributed by atoms with Gasteiger partial charge in [0.2, 0.25) is 0 Å². The first-order chi connectivity index (χ1) is 12.3. The van der Waals surface area contributed by atoms with Crippen LogP contribution in [0.4, 0.5) is 0 Å². The van der Waals surface area contributed by atoms with Crippen molar-refractivity contribution in [3.05, 3.63) is 36.3 Å². The molecule has 0 saturated heterocycles. The number of hydrogen-bond donors (Lipinski definition) is 0. The van der Waals surface area contributed by atoms with Crippen molar-refractivity contribution in [3.8, 4) is 0 Å². The van der Waals surface area contributed by atoms with E-state index in [2.05, 4.69) is 55.0 Å². The Hall–Kier alpha value is -1.29. The fourth-order valence-electron chi connectivity index (χ4n) is 3.56. The van der Waals surface area contributed by atoms with Crippen LogP contribution in [0.2, 0.25) is 16.6 Å². The summed E-state index contributed by atoms with van der Waals surface area (Å²) in [5, 5.41) is 0. The van der Waals surface area contributed by atoms with Crippen LogP contribution in [0.5, 0.6) is 0 Å². The summed E-state index contributed by atoms with van der Waals surface area (Å²) in [6.45, 7) is 25.2. The summed E-state index contributed by atoms with van der Waals surface area (Å²) in [6.07, 6.45) is 7.15. The molecule has 0 radical (unpaired) electrons. The zero-order valence-electron chi connectivity index (χ0n) is 19.3. The van der Waals surface area contributed by atoms with E-state index in [-0.39, 0.29) is 5.97 Å². The quantitative estimate of drug-likeness (QED) is 0.166. The molecule has 0 spiro atoms. The lowest BCUT2D eigenvalue weighted by atomic mass is 9.97. The number of allylic oxidation sites excluding steroid dienone is 4. The largest absolute Gasteiger partial charge is 0.543 e. The van der Waals surface area contributed by atoms with Gasteiger partial charge in [-0.15, -0.1) is 0 Å². The van der Waals surface area contributed by atoms with Crippen molar-refractivity contribution in [2.45, 2.75) is 98.7 Å². The highest BCUT2D eigenvalue weighted by atomic mass is 28.4. The highest BCUT2D eigenvalue weighted by Crippen LogP contribution is 2.43. The van der Waals surface area contributed by atoms with Gasteiger partial charge in [0.15, 0.2) is 0 Å². The zero-order valence-corrected chi connectivity index (χ0v) is 20.3. The summed E-state index contributed by atoms with van der Waals surface area (Å²) in [6, 6.07) is 0. The van der Waals surface area contributed by atoms with E-state index < -0.39 is 13.7 Å². The average Bonchev–Trinajstić information content (AvgIpc) is 2.53. The van der Waals surface area contributed by atoms with Crippen LogP contribution in [0.15, 0.2) is 36.3 Å². The van der Waals surface area contributed by atoms with E-state index in [9.17, 15) is 4.79 Å². The first-order valence-corrected chi connectivity index (χ1v) is 12.4. The molecule has 0 saturated carbocycles. The fourth-order valence-corrected chi connectivity index (χ4v) is 8.83. The molecule has 0 aromatic rings. The molecule has 156 valence electrons. The maximum atomic E-state index is 12.2. The summed E-state index contributed by atoms with van der Waals surface area (Å²) < 4.78 is 12.3. The Morgan fingerprint density at radius 3 is 1.81 bits per heavy atom. The summed E-state index contributed by atoms with van der Waals surface area (Å²) in [5.74, 6) is 1.22. The lowest BCUT2D eigenvalue weighted by Crippen LogP contribution is -2.47. The van der Waals surface area contributed by atoms with E-state index in [0.717, 1.165) is 12.2 Å². The van der Waals surface area contributed by atoms with E-state index >= 15 is 0 Å². The van der Waals surface area contributed by atoms with Gasteiger partial charge in [0.05, 0.1) is 5.41 Å². The highest BCUT2D eigenvalue weighted by molar-refractivity contribution is 6.77. The topological polar surface area (TPSA) is 35.5 Å². The van der Waals surface area contributed by atoms with Gasteiger partial charge in [-0.25, -0.2) is 0 Å².